The molecule has 3 nitrogen and oxygen atoms in total. The molecule has 0 aliphatic carbocycles. The largest absolute Gasteiger partial charge is 0.455 e. The number of aliphatic imine (C=N–C) groups is 2. The van der Waals surface area contributed by atoms with Crippen LogP contribution in [0.3, 0.4) is 0 Å². The average molecular weight is 743 g/mol. The smallest absolute Gasteiger partial charge is 0.160 e. The van der Waals surface area contributed by atoms with Gasteiger partial charge in [-0.15, -0.1) is 0 Å². The molecule has 0 saturated carbocycles. The van der Waals surface area contributed by atoms with Gasteiger partial charge in [-0.05, 0) is 98.6 Å². The lowest BCUT2D eigenvalue weighted by atomic mass is 9.88. The van der Waals surface area contributed by atoms with Crippen LogP contribution in [-0.2, 0) is 0 Å². The maximum atomic E-state index is 6.58. The molecule has 274 valence electrons. The standard InChI is InChI=1S/C55H38N2O/c1-35-24-30-44-40(32-35)29-31-45(42-28-26-37-13-3-5-15-39(37)34-42)53(44)51-22-11-21-50(49-20-10-19-47-46-17-8-9-23-52(46)58-54(47)49)56-55(57-51)48-18-7-6-16-43(48)41-27-25-36-12-2-4-14-38(36)33-41/h2-10,12-21,23-34H,11,22H2,1H3/b50-21-,56-55?,57-51?. The van der Waals surface area contributed by atoms with Crippen molar-refractivity contribution in [2.24, 2.45) is 9.98 Å². The number of allylic oxidation sites excluding steroid dienone is 1. The zero-order chi connectivity index (χ0) is 38.6. The predicted octanol–water partition coefficient (Wildman–Crippen LogP) is 14.8. The monoisotopic (exact) mass is 742 g/mol. The minimum absolute atomic E-state index is 0.673. The molecule has 0 radical (unpaired) electrons. The number of rotatable bonds is 5. The van der Waals surface area contributed by atoms with Crippen molar-refractivity contribution in [1.29, 1.82) is 0 Å². The second-order valence-corrected chi connectivity index (χ2v) is 15.3. The zero-order valence-electron chi connectivity index (χ0n) is 32.1. The van der Waals surface area contributed by atoms with Crippen molar-refractivity contribution >= 4 is 71.5 Å². The first-order valence-corrected chi connectivity index (χ1v) is 20.0. The van der Waals surface area contributed by atoms with Crippen LogP contribution in [0.5, 0.6) is 0 Å². The van der Waals surface area contributed by atoms with Gasteiger partial charge in [-0.1, -0.05) is 169 Å². The summed E-state index contributed by atoms with van der Waals surface area (Å²) in [5, 5.41) is 9.42. The molecule has 0 unspecified atom stereocenters. The minimum Gasteiger partial charge on any atom is -0.455 e. The third kappa shape index (κ3) is 5.91. The number of hydrogen-bond donors (Lipinski definition) is 0. The van der Waals surface area contributed by atoms with Crippen molar-refractivity contribution < 1.29 is 4.42 Å². The van der Waals surface area contributed by atoms with Crippen LogP contribution in [0.1, 0.15) is 35.1 Å². The van der Waals surface area contributed by atoms with Crippen LogP contribution in [0.15, 0.2) is 202 Å². The van der Waals surface area contributed by atoms with Gasteiger partial charge in [0.05, 0.1) is 11.4 Å². The molecular weight excluding hydrogens is 705 g/mol. The van der Waals surface area contributed by atoms with E-state index in [0.29, 0.717) is 5.84 Å². The molecule has 0 amide bonds. The quantitative estimate of drug-likeness (QED) is 0.173. The number of benzene rings is 9. The lowest BCUT2D eigenvalue weighted by Gasteiger charge is -2.19. The summed E-state index contributed by atoms with van der Waals surface area (Å²) >= 11 is 0. The molecule has 1 aromatic heterocycles. The molecule has 0 spiro atoms. The molecule has 9 aromatic carbocycles. The zero-order valence-corrected chi connectivity index (χ0v) is 32.1. The van der Waals surface area contributed by atoms with E-state index in [0.717, 1.165) is 74.0 Å². The van der Waals surface area contributed by atoms with Gasteiger partial charge < -0.3 is 4.42 Å². The third-order valence-electron chi connectivity index (χ3n) is 11.6. The SMILES string of the molecule is Cc1ccc2c(C3=NC(c4ccccc4-c4ccc5ccccc5c4)=N/C(c4cccc5c4oc4ccccc45)=C\CC3)c(-c3ccc4ccccc4c3)ccc2c1. The molecule has 0 bridgehead atoms. The molecule has 1 aliphatic rings. The van der Waals surface area contributed by atoms with E-state index >= 15 is 0 Å². The van der Waals surface area contributed by atoms with Gasteiger partial charge in [-0.2, -0.15) is 0 Å². The summed E-state index contributed by atoms with van der Waals surface area (Å²) in [6.07, 6.45) is 3.76. The Morgan fingerprint density at radius 1 is 0.448 bits per heavy atom. The van der Waals surface area contributed by atoms with Crippen LogP contribution in [0.4, 0.5) is 0 Å². The maximum Gasteiger partial charge on any atom is 0.160 e. The molecule has 0 N–H and O–H groups in total. The van der Waals surface area contributed by atoms with Crippen molar-refractivity contribution in [2.45, 2.75) is 19.8 Å². The van der Waals surface area contributed by atoms with Gasteiger partial charge in [-0.3, -0.25) is 0 Å². The van der Waals surface area contributed by atoms with E-state index < -0.39 is 0 Å². The number of amidine groups is 1. The predicted molar refractivity (Wildman–Crippen MR) is 245 cm³/mol. The highest BCUT2D eigenvalue weighted by molar-refractivity contribution is 6.22. The normalized spacial score (nSPS) is 14.3. The Hall–Kier alpha value is -7.36. The van der Waals surface area contributed by atoms with Gasteiger partial charge in [0.1, 0.15) is 11.2 Å². The van der Waals surface area contributed by atoms with Crippen LogP contribution < -0.4 is 0 Å². The van der Waals surface area contributed by atoms with E-state index in [9.17, 15) is 0 Å². The Labute approximate surface area is 337 Å². The van der Waals surface area contributed by atoms with E-state index in [-0.39, 0.29) is 0 Å². The van der Waals surface area contributed by atoms with E-state index in [4.69, 9.17) is 14.4 Å². The van der Waals surface area contributed by atoms with Crippen LogP contribution in [-0.4, -0.2) is 11.5 Å². The first-order valence-electron chi connectivity index (χ1n) is 20.0. The van der Waals surface area contributed by atoms with E-state index in [2.05, 4.69) is 183 Å². The molecule has 0 saturated heterocycles. The highest BCUT2D eigenvalue weighted by atomic mass is 16.3. The lowest BCUT2D eigenvalue weighted by Crippen LogP contribution is -2.12. The Balaban J connectivity index is 1.17. The number of aryl methyl sites for hydroxylation is 1. The van der Waals surface area contributed by atoms with Gasteiger partial charge in [-0.25, -0.2) is 9.98 Å². The number of nitrogens with zero attached hydrogens (tertiary/aromatic N) is 2. The van der Waals surface area contributed by atoms with Crippen molar-refractivity contribution in [3.8, 4) is 22.3 Å². The van der Waals surface area contributed by atoms with Crippen molar-refractivity contribution in [1.82, 2.24) is 0 Å². The number of hydrogen-bond acceptors (Lipinski definition) is 3. The lowest BCUT2D eigenvalue weighted by molar-refractivity contribution is 0.667. The molecule has 58 heavy (non-hydrogen) atoms. The fraction of sp³-hybridized carbons (Fsp3) is 0.0545. The summed E-state index contributed by atoms with van der Waals surface area (Å²) < 4.78 is 6.58. The summed E-state index contributed by atoms with van der Waals surface area (Å²) in [4.78, 5) is 11.3. The molecule has 3 heteroatoms. The topological polar surface area (TPSA) is 37.9 Å². The van der Waals surface area contributed by atoms with Gasteiger partial charge in [0.2, 0.25) is 0 Å². The molecule has 2 heterocycles. The van der Waals surface area contributed by atoms with Crippen LogP contribution in [0.2, 0.25) is 0 Å². The Bertz CT molecular complexity index is 3360. The maximum absolute atomic E-state index is 6.58. The summed E-state index contributed by atoms with van der Waals surface area (Å²) in [5.74, 6) is 0.673. The molecular formula is C55H38N2O. The van der Waals surface area contributed by atoms with Crippen molar-refractivity contribution in [3.05, 3.63) is 210 Å². The summed E-state index contributed by atoms with van der Waals surface area (Å²) in [5.41, 5.74) is 12.5. The third-order valence-corrected chi connectivity index (χ3v) is 11.6. The van der Waals surface area contributed by atoms with Gasteiger partial charge in [0.25, 0.3) is 0 Å². The van der Waals surface area contributed by atoms with Crippen molar-refractivity contribution in [2.75, 3.05) is 0 Å². The van der Waals surface area contributed by atoms with E-state index in [1.165, 1.54) is 49.0 Å². The molecule has 0 fully saturated rings. The van der Waals surface area contributed by atoms with Crippen LogP contribution in [0.25, 0.3) is 82.2 Å². The number of fused-ring (bicyclic) bond motifs is 6. The van der Waals surface area contributed by atoms with Gasteiger partial charge in [0, 0.05) is 27.5 Å². The summed E-state index contributed by atoms with van der Waals surface area (Å²) in [7, 11) is 0. The van der Waals surface area contributed by atoms with Crippen molar-refractivity contribution in [3.63, 3.8) is 0 Å². The first-order chi connectivity index (χ1) is 28.6. The number of furan rings is 1. The highest BCUT2D eigenvalue weighted by Crippen LogP contribution is 2.39. The fourth-order valence-corrected chi connectivity index (χ4v) is 8.78. The fourth-order valence-electron chi connectivity index (χ4n) is 8.78. The summed E-state index contributed by atoms with van der Waals surface area (Å²) in [6, 6.07) is 65.1. The second-order valence-electron chi connectivity index (χ2n) is 15.3. The average Bonchev–Trinajstić information content (AvgIpc) is 3.65. The molecule has 11 rings (SSSR count). The second kappa shape index (κ2) is 14.0. The van der Waals surface area contributed by atoms with Gasteiger partial charge in [0.15, 0.2) is 5.84 Å². The van der Waals surface area contributed by atoms with Crippen LogP contribution in [0, 0.1) is 6.92 Å². The summed E-state index contributed by atoms with van der Waals surface area (Å²) in [6.45, 7) is 2.16. The molecule has 1 aliphatic heterocycles. The van der Waals surface area contributed by atoms with Gasteiger partial charge >= 0.3 is 0 Å². The first kappa shape index (κ1) is 33.9. The Morgan fingerprint density at radius 3 is 1.88 bits per heavy atom. The minimum atomic E-state index is 0.673. The molecule has 0 atom stereocenters. The Kier molecular flexibility index (Phi) is 8.18. The number of para-hydroxylation sites is 2. The van der Waals surface area contributed by atoms with E-state index in [1.54, 1.807) is 0 Å². The Morgan fingerprint density at radius 2 is 1.09 bits per heavy atom. The molecule has 10 aromatic rings. The van der Waals surface area contributed by atoms with E-state index in [1.807, 2.05) is 12.1 Å². The van der Waals surface area contributed by atoms with Crippen LogP contribution >= 0.6 is 0 Å². The highest BCUT2D eigenvalue weighted by Gasteiger charge is 2.22.